The van der Waals surface area contributed by atoms with Crippen molar-refractivity contribution in [2.75, 3.05) is 13.2 Å². The quantitative estimate of drug-likeness (QED) is 0.801. The van der Waals surface area contributed by atoms with Crippen LogP contribution in [0.15, 0.2) is 36.1 Å². The monoisotopic (exact) mass is 244 g/mol. The third-order valence-corrected chi connectivity index (χ3v) is 3.50. The van der Waals surface area contributed by atoms with Crippen LogP contribution in [0.2, 0.25) is 0 Å². The molecule has 1 aromatic rings. The molecule has 0 saturated carbocycles. The summed E-state index contributed by atoms with van der Waals surface area (Å²) in [5.74, 6) is 1.03. The van der Waals surface area contributed by atoms with Crippen molar-refractivity contribution in [2.24, 2.45) is 5.92 Å². The summed E-state index contributed by atoms with van der Waals surface area (Å²) < 4.78 is 10.9. The van der Waals surface area contributed by atoms with Gasteiger partial charge in [0.25, 0.3) is 0 Å². The van der Waals surface area contributed by atoms with Gasteiger partial charge in [0.2, 0.25) is 0 Å². The molecular weight excluding hydrogens is 228 g/mol. The van der Waals surface area contributed by atoms with E-state index in [1.54, 1.807) is 6.26 Å². The average molecular weight is 244 g/mol. The van der Waals surface area contributed by atoms with E-state index in [0.717, 1.165) is 42.8 Å². The molecule has 0 spiro atoms. The summed E-state index contributed by atoms with van der Waals surface area (Å²) in [5, 5.41) is 0. The van der Waals surface area contributed by atoms with E-state index in [2.05, 4.69) is 0 Å². The molecule has 0 fully saturated rings. The predicted octanol–water partition coefficient (Wildman–Crippen LogP) is 2.50. The van der Waals surface area contributed by atoms with Crippen molar-refractivity contribution in [1.29, 1.82) is 0 Å². The Morgan fingerprint density at radius 2 is 2.17 bits per heavy atom. The molecule has 0 aromatic heterocycles. The highest BCUT2D eigenvalue weighted by atomic mass is 16.5. The highest BCUT2D eigenvalue weighted by Gasteiger charge is 2.28. The number of allylic oxidation sites excluding steroid dienone is 1. The summed E-state index contributed by atoms with van der Waals surface area (Å²) in [6.07, 6.45) is 4.16. The van der Waals surface area contributed by atoms with E-state index < -0.39 is 0 Å². The number of hydrogen-bond donors (Lipinski definition) is 0. The summed E-state index contributed by atoms with van der Waals surface area (Å²) in [6, 6.07) is 7.93. The van der Waals surface area contributed by atoms with E-state index in [1.165, 1.54) is 0 Å². The molecule has 3 nitrogen and oxygen atoms in total. The molecule has 1 aromatic carbocycles. The Morgan fingerprint density at radius 3 is 3.00 bits per heavy atom. The fourth-order valence-electron chi connectivity index (χ4n) is 2.50. The molecule has 94 valence electrons. The van der Waals surface area contributed by atoms with Gasteiger partial charge >= 0.3 is 0 Å². The first-order chi connectivity index (χ1) is 8.84. The third-order valence-electron chi connectivity index (χ3n) is 3.50. The first kappa shape index (κ1) is 11.3. The van der Waals surface area contributed by atoms with Gasteiger partial charge in [-0.05, 0) is 30.9 Å². The van der Waals surface area contributed by atoms with Crippen molar-refractivity contribution >= 4 is 5.78 Å². The fraction of sp³-hybridized carbons (Fsp3) is 0.400. The van der Waals surface area contributed by atoms with Gasteiger partial charge in [-0.3, -0.25) is 4.79 Å². The molecule has 2 aliphatic rings. The lowest BCUT2D eigenvalue weighted by atomic mass is 9.88. The zero-order chi connectivity index (χ0) is 12.4. The average Bonchev–Trinajstić information content (AvgIpc) is 2.47. The van der Waals surface area contributed by atoms with Crippen LogP contribution in [0.5, 0.6) is 5.75 Å². The van der Waals surface area contributed by atoms with Crippen LogP contribution in [0, 0.1) is 5.92 Å². The Labute approximate surface area is 106 Å². The van der Waals surface area contributed by atoms with Gasteiger partial charge in [0.15, 0.2) is 5.78 Å². The summed E-state index contributed by atoms with van der Waals surface area (Å²) in [7, 11) is 0. The summed E-state index contributed by atoms with van der Waals surface area (Å²) in [6.45, 7) is 1.20. The zero-order valence-corrected chi connectivity index (χ0v) is 10.2. The smallest absolute Gasteiger partial charge is 0.168 e. The molecule has 1 unspecified atom stereocenters. The Morgan fingerprint density at radius 1 is 1.28 bits per heavy atom. The Kier molecular flexibility index (Phi) is 3.05. The number of carbonyl (C=O) groups excluding carboxylic acids is 1. The van der Waals surface area contributed by atoms with Crippen LogP contribution >= 0.6 is 0 Å². The van der Waals surface area contributed by atoms with Crippen molar-refractivity contribution in [2.45, 2.75) is 19.3 Å². The summed E-state index contributed by atoms with van der Waals surface area (Å²) >= 11 is 0. The minimum Gasteiger partial charge on any atom is -0.501 e. The van der Waals surface area contributed by atoms with Gasteiger partial charge in [-0.1, -0.05) is 18.2 Å². The number of benzene rings is 1. The molecule has 2 aliphatic heterocycles. The van der Waals surface area contributed by atoms with Crippen LogP contribution in [0.1, 0.15) is 18.4 Å². The van der Waals surface area contributed by atoms with Crippen molar-refractivity contribution in [3.8, 4) is 5.75 Å². The van der Waals surface area contributed by atoms with E-state index in [0.29, 0.717) is 6.61 Å². The van der Waals surface area contributed by atoms with Crippen LogP contribution in [-0.2, 0) is 16.0 Å². The minimum absolute atomic E-state index is 0.0622. The van der Waals surface area contributed by atoms with Gasteiger partial charge in [0.05, 0.1) is 25.4 Å². The predicted molar refractivity (Wildman–Crippen MR) is 67.4 cm³/mol. The largest absolute Gasteiger partial charge is 0.501 e. The van der Waals surface area contributed by atoms with Crippen molar-refractivity contribution in [3.63, 3.8) is 0 Å². The molecule has 0 aliphatic carbocycles. The Hall–Kier alpha value is -1.77. The molecule has 3 heteroatoms. The Balaban J connectivity index is 1.75. The topological polar surface area (TPSA) is 35.5 Å². The van der Waals surface area contributed by atoms with E-state index in [9.17, 15) is 4.79 Å². The van der Waals surface area contributed by atoms with Crippen LogP contribution < -0.4 is 4.74 Å². The van der Waals surface area contributed by atoms with Crippen LogP contribution in [0.4, 0.5) is 0 Å². The maximum absolute atomic E-state index is 12.3. The number of carbonyl (C=O) groups is 1. The second kappa shape index (κ2) is 4.84. The van der Waals surface area contributed by atoms with Crippen LogP contribution in [0.25, 0.3) is 0 Å². The number of ether oxygens (including phenoxy) is 2. The van der Waals surface area contributed by atoms with E-state index in [-0.39, 0.29) is 11.7 Å². The number of para-hydroxylation sites is 1. The van der Waals surface area contributed by atoms with Crippen LogP contribution in [0.3, 0.4) is 0 Å². The molecule has 18 heavy (non-hydrogen) atoms. The Bertz CT molecular complexity index is 490. The van der Waals surface area contributed by atoms with E-state index >= 15 is 0 Å². The lowest BCUT2D eigenvalue weighted by molar-refractivity contribution is -0.120. The second-order valence-corrected chi connectivity index (χ2v) is 4.80. The summed E-state index contributed by atoms with van der Waals surface area (Å²) in [5.41, 5.74) is 1.94. The lowest BCUT2D eigenvalue weighted by Gasteiger charge is -2.25. The SMILES string of the molecule is O=C(C1=COCCC1)C1COc2ccccc2C1. The van der Waals surface area contributed by atoms with E-state index in [1.807, 2.05) is 24.3 Å². The number of fused-ring (bicyclic) bond motifs is 1. The molecular formula is C15H16O3. The van der Waals surface area contributed by atoms with Gasteiger partial charge in [-0.2, -0.15) is 0 Å². The van der Waals surface area contributed by atoms with Gasteiger partial charge in [0.1, 0.15) is 5.75 Å². The fourth-order valence-corrected chi connectivity index (χ4v) is 2.50. The molecule has 0 amide bonds. The standard InChI is InChI=1S/C15H16O3/c16-15(12-5-3-7-17-9-12)13-8-11-4-1-2-6-14(11)18-10-13/h1-2,4,6,9,13H,3,5,7-8,10H2. The maximum atomic E-state index is 12.3. The number of rotatable bonds is 2. The molecule has 0 N–H and O–H groups in total. The second-order valence-electron chi connectivity index (χ2n) is 4.80. The number of hydrogen-bond acceptors (Lipinski definition) is 3. The van der Waals surface area contributed by atoms with Gasteiger partial charge < -0.3 is 9.47 Å². The number of Topliss-reactive ketones (excluding diaryl/α,β-unsaturated/α-hetero) is 1. The molecule has 0 radical (unpaired) electrons. The first-order valence-electron chi connectivity index (χ1n) is 6.40. The maximum Gasteiger partial charge on any atom is 0.168 e. The minimum atomic E-state index is -0.0622. The van der Waals surface area contributed by atoms with Gasteiger partial charge in [-0.15, -0.1) is 0 Å². The molecule has 0 saturated heterocycles. The first-order valence-corrected chi connectivity index (χ1v) is 6.40. The van der Waals surface area contributed by atoms with Gasteiger partial charge in [0, 0.05) is 5.57 Å². The summed E-state index contributed by atoms with van der Waals surface area (Å²) in [4.78, 5) is 12.3. The van der Waals surface area contributed by atoms with Crippen molar-refractivity contribution < 1.29 is 14.3 Å². The normalized spacial score (nSPS) is 22.2. The lowest BCUT2D eigenvalue weighted by Crippen LogP contribution is -2.30. The highest BCUT2D eigenvalue weighted by molar-refractivity contribution is 5.97. The number of ketones is 1. The third kappa shape index (κ3) is 2.13. The zero-order valence-electron chi connectivity index (χ0n) is 10.2. The van der Waals surface area contributed by atoms with Crippen molar-refractivity contribution in [1.82, 2.24) is 0 Å². The highest BCUT2D eigenvalue weighted by Crippen LogP contribution is 2.29. The molecule has 0 bridgehead atoms. The molecule has 2 heterocycles. The van der Waals surface area contributed by atoms with Gasteiger partial charge in [-0.25, -0.2) is 0 Å². The van der Waals surface area contributed by atoms with Crippen LogP contribution in [-0.4, -0.2) is 19.0 Å². The van der Waals surface area contributed by atoms with Crippen molar-refractivity contribution in [3.05, 3.63) is 41.7 Å². The van der Waals surface area contributed by atoms with E-state index in [4.69, 9.17) is 9.47 Å². The molecule has 3 rings (SSSR count). The molecule has 1 atom stereocenters.